The van der Waals surface area contributed by atoms with Crippen LogP contribution in [0.5, 0.6) is 0 Å². The second-order valence-corrected chi connectivity index (χ2v) is 6.24. The fourth-order valence-corrected chi connectivity index (χ4v) is 3.04. The van der Waals surface area contributed by atoms with Crippen LogP contribution in [0.1, 0.15) is 16.9 Å². The maximum absolute atomic E-state index is 12.2. The van der Waals surface area contributed by atoms with Crippen LogP contribution in [-0.2, 0) is 9.59 Å². The number of benzene rings is 1. The number of aromatic nitrogens is 1. The van der Waals surface area contributed by atoms with E-state index in [9.17, 15) is 14.4 Å². The summed E-state index contributed by atoms with van der Waals surface area (Å²) in [5.74, 6) is -1.48. The number of nitrogens with one attached hydrogen (secondary N) is 3. The molecule has 3 N–H and O–H groups in total. The van der Waals surface area contributed by atoms with Gasteiger partial charge in [0.2, 0.25) is 11.8 Å². The van der Waals surface area contributed by atoms with Gasteiger partial charge in [-0.2, -0.15) is 0 Å². The van der Waals surface area contributed by atoms with Crippen molar-refractivity contribution in [2.75, 3.05) is 11.4 Å². The van der Waals surface area contributed by atoms with E-state index in [1.165, 1.54) is 0 Å². The standard InChI is InChI=1S/C16H15BrN4O3/c17-11-4-1-2-6-13(11)21-9-10(8-14(21)22)15(23)19-20-16(24)12-5-3-7-18-12/h1-7,10,18H,8-9H2,(H,19,23)(H,20,24). The summed E-state index contributed by atoms with van der Waals surface area (Å²) in [5.41, 5.74) is 5.77. The number of rotatable bonds is 3. The van der Waals surface area contributed by atoms with Crippen LogP contribution in [0.4, 0.5) is 5.69 Å². The summed E-state index contributed by atoms with van der Waals surface area (Å²) >= 11 is 3.41. The molecule has 3 amide bonds. The third-order valence-corrected chi connectivity index (χ3v) is 4.45. The Morgan fingerprint density at radius 3 is 2.67 bits per heavy atom. The van der Waals surface area contributed by atoms with Gasteiger partial charge in [0.1, 0.15) is 5.69 Å². The molecular formula is C16H15BrN4O3. The predicted molar refractivity (Wildman–Crippen MR) is 91.0 cm³/mol. The molecule has 0 aliphatic carbocycles. The van der Waals surface area contributed by atoms with Crippen LogP contribution in [0.15, 0.2) is 47.1 Å². The minimum Gasteiger partial charge on any atom is -0.357 e. The van der Waals surface area contributed by atoms with Crippen LogP contribution in [0.25, 0.3) is 0 Å². The third-order valence-electron chi connectivity index (χ3n) is 3.78. The van der Waals surface area contributed by atoms with E-state index in [2.05, 4.69) is 31.8 Å². The lowest BCUT2D eigenvalue weighted by Gasteiger charge is -2.18. The van der Waals surface area contributed by atoms with Gasteiger partial charge in [0, 0.05) is 23.6 Å². The number of H-pyrrole nitrogens is 1. The van der Waals surface area contributed by atoms with Gasteiger partial charge in [-0.25, -0.2) is 0 Å². The fourth-order valence-electron chi connectivity index (χ4n) is 2.55. The number of anilines is 1. The first-order valence-electron chi connectivity index (χ1n) is 7.34. The van der Waals surface area contributed by atoms with Gasteiger partial charge in [-0.05, 0) is 40.2 Å². The first kappa shape index (κ1) is 16.3. The lowest BCUT2D eigenvalue weighted by Crippen LogP contribution is -2.45. The Bertz CT molecular complexity index is 775. The zero-order chi connectivity index (χ0) is 17.1. The molecule has 1 aliphatic rings. The minimum atomic E-state index is -0.520. The number of amides is 3. The molecule has 1 fully saturated rings. The van der Waals surface area contributed by atoms with Gasteiger partial charge in [0.15, 0.2) is 0 Å². The van der Waals surface area contributed by atoms with Gasteiger partial charge in [0.25, 0.3) is 5.91 Å². The number of hydrogen-bond donors (Lipinski definition) is 3. The maximum Gasteiger partial charge on any atom is 0.286 e. The number of nitrogens with zero attached hydrogens (tertiary/aromatic N) is 1. The van der Waals surface area contributed by atoms with Crippen LogP contribution < -0.4 is 15.8 Å². The molecule has 124 valence electrons. The lowest BCUT2D eigenvalue weighted by molar-refractivity contribution is -0.126. The van der Waals surface area contributed by atoms with E-state index in [1.807, 2.05) is 24.3 Å². The maximum atomic E-state index is 12.2. The molecule has 2 aromatic rings. The molecule has 3 rings (SSSR count). The number of hydrazine groups is 1. The molecule has 7 nitrogen and oxygen atoms in total. The zero-order valence-corrected chi connectivity index (χ0v) is 14.2. The first-order valence-corrected chi connectivity index (χ1v) is 8.14. The van der Waals surface area contributed by atoms with Crippen LogP contribution in [0.3, 0.4) is 0 Å². The third kappa shape index (κ3) is 3.33. The van der Waals surface area contributed by atoms with E-state index in [0.29, 0.717) is 5.69 Å². The highest BCUT2D eigenvalue weighted by molar-refractivity contribution is 9.10. The van der Waals surface area contributed by atoms with Crippen LogP contribution in [-0.4, -0.2) is 29.3 Å². The van der Waals surface area contributed by atoms with Crippen LogP contribution in [0.2, 0.25) is 0 Å². The van der Waals surface area contributed by atoms with Crippen molar-refractivity contribution in [1.82, 2.24) is 15.8 Å². The van der Waals surface area contributed by atoms with Gasteiger partial charge < -0.3 is 9.88 Å². The molecule has 1 aliphatic heterocycles. The van der Waals surface area contributed by atoms with Crippen LogP contribution in [0, 0.1) is 5.92 Å². The van der Waals surface area contributed by atoms with Crippen molar-refractivity contribution in [2.45, 2.75) is 6.42 Å². The molecule has 1 aromatic carbocycles. The first-order chi connectivity index (χ1) is 11.6. The average molecular weight is 391 g/mol. The second kappa shape index (κ2) is 6.88. The highest BCUT2D eigenvalue weighted by atomic mass is 79.9. The van der Waals surface area contributed by atoms with E-state index in [-0.39, 0.29) is 18.9 Å². The molecule has 1 saturated heterocycles. The molecule has 0 radical (unpaired) electrons. The van der Waals surface area contributed by atoms with Crippen molar-refractivity contribution < 1.29 is 14.4 Å². The summed E-state index contributed by atoms with van der Waals surface area (Å²) < 4.78 is 0.791. The predicted octanol–water partition coefficient (Wildman–Crippen LogP) is 1.59. The normalized spacial score (nSPS) is 17.0. The smallest absolute Gasteiger partial charge is 0.286 e. The van der Waals surface area contributed by atoms with Crippen molar-refractivity contribution in [3.8, 4) is 0 Å². The Hall–Kier alpha value is -2.61. The van der Waals surface area contributed by atoms with E-state index < -0.39 is 17.7 Å². The van der Waals surface area contributed by atoms with Crippen molar-refractivity contribution in [1.29, 1.82) is 0 Å². The van der Waals surface area contributed by atoms with Gasteiger partial charge in [-0.1, -0.05) is 12.1 Å². The molecular weight excluding hydrogens is 376 g/mol. The molecule has 0 spiro atoms. The number of aromatic amines is 1. The minimum absolute atomic E-state index is 0.103. The Morgan fingerprint density at radius 2 is 1.96 bits per heavy atom. The van der Waals surface area contributed by atoms with Gasteiger partial charge in [-0.3, -0.25) is 25.2 Å². The van der Waals surface area contributed by atoms with E-state index >= 15 is 0 Å². The number of halogens is 1. The Morgan fingerprint density at radius 1 is 1.17 bits per heavy atom. The average Bonchev–Trinajstić information content (AvgIpc) is 3.23. The summed E-state index contributed by atoms with van der Waals surface area (Å²) in [5, 5.41) is 0. The molecule has 24 heavy (non-hydrogen) atoms. The summed E-state index contributed by atoms with van der Waals surface area (Å²) in [6, 6.07) is 10.6. The van der Waals surface area contributed by atoms with Gasteiger partial charge >= 0.3 is 0 Å². The number of carbonyl (C=O) groups is 3. The van der Waals surface area contributed by atoms with Crippen LogP contribution >= 0.6 is 15.9 Å². The van der Waals surface area contributed by atoms with Crippen molar-refractivity contribution in [3.63, 3.8) is 0 Å². The van der Waals surface area contributed by atoms with E-state index in [0.717, 1.165) is 10.2 Å². The quantitative estimate of drug-likeness (QED) is 0.694. The van der Waals surface area contributed by atoms with Gasteiger partial charge in [0.05, 0.1) is 11.6 Å². The Balaban J connectivity index is 1.60. The van der Waals surface area contributed by atoms with Crippen molar-refractivity contribution in [3.05, 3.63) is 52.8 Å². The molecule has 2 heterocycles. The second-order valence-electron chi connectivity index (χ2n) is 5.38. The Kier molecular flexibility index (Phi) is 4.66. The Labute approximate surface area is 146 Å². The van der Waals surface area contributed by atoms with E-state index in [4.69, 9.17) is 0 Å². The highest BCUT2D eigenvalue weighted by Crippen LogP contribution is 2.31. The molecule has 8 heteroatoms. The number of carbonyl (C=O) groups excluding carboxylic acids is 3. The summed E-state index contributed by atoms with van der Waals surface area (Å²) in [4.78, 5) is 40.5. The lowest BCUT2D eigenvalue weighted by atomic mass is 10.1. The number of hydrogen-bond acceptors (Lipinski definition) is 3. The van der Waals surface area contributed by atoms with Crippen molar-refractivity contribution in [2.24, 2.45) is 5.92 Å². The monoisotopic (exact) mass is 390 g/mol. The largest absolute Gasteiger partial charge is 0.357 e. The number of para-hydroxylation sites is 1. The summed E-state index contributed by atoms with van der Waals surface area (Å²) in [6.07, 6.45) is 1.72. The molecule has 0 saturated carbocycles. The topological polar surface area (TPSA) is 94.3 Å². The molecule has 1 atom stereocenters. The molecule has 1 unspecified atom stereocenters. The van der Waals surface area contributed by atoms with Crippen molar-refractivity contribution >= 4 is 39.3 Å². The molecule has 0 bridgehead atoms. The fraction of sp³-hybridized carbons (Fsp3) is 0.188. The highest BCUT2D eigenvalue weighted by Gasteiger charge is 2.35. The van der Waals surface area contributed by atoms with E-state index in [1.54, 1.807) is 23.2 Å². The molecule has 1 aromatic heterocycles. The SMILES string of the molecule is O=C(NNC(=O)C1CC(=O)N(c2ccccc2Br)C1)c1ccc[nH]1. The summed E-state index contributed by atoms with van der Waals surface area (Å²) in [7, 11) is 0. The van der Waals surface area contributed by atoms with Gasteiger partial charge in [-0.15, -0.1) is 0 Å². The zero-order valence-electron chi connectivity index (χ0n) is 12.6. The summed E-state index contributed by atoms with van der Waals surface area (Å²) in [6.45, 7) is 0.269.